The maximum atomic E-state index is 13.0. The van der Waals surface area contributed by atoms with E-state index in [0.29, 0.717) is 24.1 Å². The number of ketones is 1. The zero-order valence-corrected chi connectivity index (χ0v) is 24.4. The van der Waals surface area contributed by atoms with Gasteiger partial charge in [-0.1, -0.05) is 30.3 Å². The van der Waals surface area contributed by atoms with Crippen LogP contribution < -0.4 is 26.6 Å². The van der Waals surface area contributed by atoms with E-state index < -0.39 is 57.5 Å². The normalized spacial score (nSPS) is 12.2. The number of Topliss-reactive ketones (excluding diaryl/α,β-unsaturated/α-hetero) is 1. The number of aromatic nitrogens is 1. The molecular weight excluding hydrogens is 554 g/mol. The van der Waals surface area contributed by atoms with Gasteiger partial charge in [0.25, 0.3) is 11.5 Å². The Morgan fingerprint density at radius 3 is 2.29 bits per heavy atom. The molecule has 2 aromatic rings. The van der Waals surface area contributed by atoms with Gasteiger partial charge in [0.05, 0.1) is 11.8 Å². The largest absolute Gasteiger partial charge is 0.444 e. The Morgan fingerprint density at radius 2 is 1.68 bits per heavy atom. The second-order valence-electron chi connectivity index (χ2n) is 10.4. The van der Waals surface area contributed by atoms with Crippen LogP contribution in [0.4, 0.5) is 10.5 Å². The SMILES string of the molecule is Cc1ccc(NS(=O)(=O)Cc2ccccc2)c(=O)n1CC(=O)N[C@@H](CCCCNC(=O)OC(C)(C)C)C(=O)C(N)=O. The molecule has 0 radical (unpaired) electrons. The minimum absolute atomic E-state index is 0.0523. The van der Waals surface area contributed by atoms with Gasteiger partial charge in [-0.2, -0.15) is 0 Å². The van der Waals surface area contributed by atoms with E-state index in [1.54, 1.807) is 58.0 Å². The first kappa shape index (κ1) is 33.0. The maximum absolute atomic E-state index is 13.0. The molecule has 2 rings (SSSR count). The van der Waals surface area contributed by atoms with Crippen molar-refractivity contribution in [2.45, 2.75) is 70.9 Å². The zero-order chi connectivity index (χ0) is 30.8. The van der Waals surface area contributed by atoms with Crippen LogP contribution in [0.5, 0.6) is 0 Å². The van der Waals surface area contributed by atoms with Crippen molar-refractivity contribution in [3.63, 3.8) is 0 Å². The van der Waals surface area contributed by atoms with Crippen LogP contribution in [0.1, 0.15) is 51.3 Å². The Balaban J connectivity index is 2.04. The van der Waals surface area contributed by atoms with Gasteiger partial charge >= 0.3 is 6.09 Å². The quantitative estimate of drug-likeness (QED) is 0.186. The number of primary amides is 1. The number of nitrogens with two attached hydrogens (primary N) is 1. The molecule has 1 heterocycles. The highest BCUT2D eigenvalue weighted by Crippen LogP contribution is 2.11. The van der Waals surface area contributed by atoms with Crippen LogP contribution in [-0.2, 0) is 41.4 Å². The molecule has 1 atom stereocenters. The Morgan fingerprint density at radius 1 is 1.02 bits per heavy atom. The molecule has 13 nitrogen and oxygen atoms in total. The first-order valence-electron chi connectivity index (χ1n) is 12.9. The standard InChI is InChI=1S/C27H37N5O8S/c1-18-13-14-21(31-41(38,39)17-19-10-6-5-7-11-19)25(36)32(18)16-22(33)30-20(23(34)24(28)35)12-8-9-15-29-26(37)40-27(2,3)4/h5-7,10-11,13-14,20,31H,8-9,12,15-17H2,1-4H3,(H2,28,35)(H,29,37)(H,30,33)/t20-/m0/s1. The number of unbranched alkanes of at least 4 members (excludes halogenated alkanes) is 1. The number of amides is 3. The smallest absolute Gasteiger partial charge is 0.407 e. The van der Waals surface area contributed by atoms with E-state index in [-0.39, 0.29) is 24.4 Å². The van der Waals surface area contributed by atoms with Crippen LogP contribution in [0.3, 0.4) is 0 Å². The van der Waals surface area contributed by atoms with E-state index >= 15 is 0 Å². The van der Waals surface area contributed by atoms with E-state index in [0.717, 1.165) is 4.57 Å². The first-order valence-corrected chi connectivity index (χ1v) is 14.6. The molecule has 224 valence electrons. The lowest BCUT2D eigenvalue weighted by Crippen LogP contribution is -2.47. The summed E-state index contributed by atoms with van der Waals surface area (Å²) in [6, 6.07) is 9.94. The molecule has 1 aromatic heterocycles. The van der Waals surface area contributed by atoms with Crippen molar-refractivity contribution in [2.24, 2.45) is 5.73 Å². The lowest BCUT2D eigenvalue weighted by molar-refractivity contribution is -0.138. The van der Waals surface area contributed by atoms with Gasteiger partial charge in [0, 0.05) is 12.2 Å². The Bertz CT molecular complexity index is 1420. The van der Waals surface area contributed by atoms with Gasteiger partial charge in [0.1, 0.15) is 17.8 Å². The van der Waals surface area contributed by atoms with Crippen LogP contribution >= 0.6 is 0 Å². The van der Waals surface area contributed by atoms with Gasteiger partial charge in [0.2, 0.25) is 21.7 Å². The van der Waals surface area contributed by atoms with Gasteiger partial charge in [-0.3, -0.25) is 23.9 Å². The highest BCUT2D eigenvalue weighted by molar-refractivity contribution is 7.91. The van der Waals surface area contributed by atoms with Crippen molar-refractivity contribution in [1.29, 1.82) is 0 Å². The lowest BCUT2D eigenvalue weighted by Gasteiger charge is -2.20. The molecule has 0 bridgehead atoms. The molecule has 0 saturated carbocycles. The minimum atomic E-state index is -3.93. The fourth-order valence-corrected chi connectivity index (χ4v) is 4.94. The number of nitrogens with zero attached hydrogens (tertiary/aromatic N) is 1. The molecular formula is C27H37N5O8S. The number of hydrogen-bond donors (Lipinski definition) is 4. The summed E-state index contributed by atoms with van der Waals surface area (Å²) in [7, 11) is -3.93. The van der Waals surface area contributed by atoms with Crippen LogP contribution in [0.2, 0.25) is 0 Å². The summed E-state index contributed by atoms with van der Waals surface area (Å²) < 4.78 is 33.7. The molecule has 0 spiro atoms. The maximum Gasteiger partial charge on any atom is 0.407 e. The fourth-order valence-electron chi connectivity index (χ4n) is 3.74. The summed E-state index contributed by atoms with van der Waals surface area (Å²) in [6.45, 7) is 6.44. The number of alkyl carbamates (subject to hydrolysis) is 1. The topological polar surface area (TPSA) is 196 Å². The molecule has 0 saturated heterocycles. The Labute approximate surface area is 238 Å². The summed E-state index contributed by atoms with van der Waals surface area (Å²) >= 11 is 0. The number of anilines is 1. The number of ether oxygens (including phenoxy) is 1. The molecule has 0 aliphatic carbocycles. The van der Waals surface area contributed by atoms with Gasteiger partial charge in [-0.25, -0.2) is 13.2 Å². The molecule has 0 unspecified atom stereocenters. The van der Waals surface area contributed by atoms with Crippen LogP contribution in [-0.4, -0.2) is 54.9 Å². The third-order valence-corrected chi connectivity index (χ3v) is 6.89. The number of hydrogen-bond acceptors (Lipinski definition) is 8. The molecule has 3 amide bonds. The average Bonchev–Trinajstić information content (AvgIpc) is 2.86. The molecule has 1 aromatic carbocycles. The van der Waals surface area contributed by atoms with Crippen LogP contribution in [0, 0.1) is 6.92 Å². The second kappa shape index (κ2) is 14.4. The number of carbonyl (C=O) groups excluding carboxylic acids is 4. The second-order valence-corrected chi connectivity index (χ2v) is 12.1. The van der Waals surface area contributed by atoms with Crippen molar-refractivity contribution < 1.29 is 32.3 Å². The van der Waals surface area contributed by atoms with E-state index in [9.17, 15) is 32.4 Å². The van der Waals surface area contributed by atoms with Gasteiger partial charge in [0.15, 0.2) is 0 Å². The van der Waals surface area contributed by atoms with E-state index in [1.807, 2.05) is 0 Å². The third-order valence-electron chi connectivity index (χ3n) is 5.64. The first-order chi connectivity index (χ1) is 19.1. The number of nitrogens with one attached hydrogen (secondary N) is 3. The van der Waals surface area contributed by atoms with Crippen molar-refractivity contribution in [2.75, 3.05) is 11.3 Å². The van der Waals surface area contributed by atoms with Crippen molar-refractivity contribution in [3.8, 4) is 0 Å². The number of benzene rings is 1. The monoisotopic (exact) mass is 591 g/mol. The summed E-state index contributed by atoms with van der Waals surface area (Å²) in [5.74, 6) is -3.35. The average molecular weight is 592 g/mol. The van der Waals surface area contributed by atoms with Crippen molar-refractivity contribution in [3.05, 3.63) is 64.1 Å². The third kappa shape index (κ3) is 11.4. The number of rotatable bonds is 14. The van der Waals surface area contributed by atoms with E-state index in [2.05, 4.69) is 15.4 Å². The van der Waals surface area contributed by atoms with Crippen LogP contribution in [0.25, 0.3) is 0 Å². The predicted octanol–water partition coefficient (Wildman–Crippen LogP) is 1.33. The van der Waals surface area contributed by atoms with Crippen molar-refractivity contribution in [1.82, 2.24) is 15.2 Å². The Kier molecular flexibility index (Phi) is 11.6. The van der Waals surface area contributed by atoms with Gasteiger partial charge in [-0.15, -0.1) is 0 Å². The molecule has 41 heavy (non-hydrogen) atoms. The fraction of sp³-hybridized carbons (Fsp3) is 0.444. The zero-order valence-electron chi connectivity index (χ0n) is 23.6. The number of aryl methyl sites for hydroxylation is 1. The molecule has 0 fully saturated rings. The molecule has 0 aliphatic heterocycles. The van der Waals surface area contributed by atoms with Crippen LogP contribution in [0.15, 0.2) is 47.3 Å². The van der Waals surface area contributed by atoms with Crippen molar-refractivity contribution >= 4 is 39.4 Å². The van der Waals surface area contributed by atoms with E-state index in [1.165, 1.54) is 12.1 Å². The van der Waals surface area contributed by atoms with E-state index in [4.69, 9.17) is 10.5 Å². The molecule has 5 N–H and O–H groups in total. The minimum Gasteiger partial charge on any atom is -0.444 e. The number of sulfonamides is 1. The summed E-state index contributed by atoms with van der Waals surface area (Å²) in [6.07, 6.45) is 0.219. The lowest BCUT2D eigenvalue weighted by atomic mass is 10.0. The predicted molar refractivity (Wildman–Crippen MR) is 152 cm³/mol. The summed E-state index contributed by atoms with van der Waals surface area (Å²) in [5.41, 5.74) is 4.37. The summed E-state index contributed by atoms with van der Waals surface area (Å²) in [5, 5.41) is 5.01. The highest BCUT2D eigenvalue weighted by Gasteiger charge is 2.25. The molecule has 14 heteroatoms. The number of pyridine rings is 1. The van der Waals surface area contributed by atoms with Gasteiger partial charge in [-0.05, 0) is 64.7 Å². The Hall–Kier alpha value is -4.20. The van der Waals surface area contributed by atoms with Gasteiger partial charge < -0.3 is 25.7 Å². The highest BCUT2D eigenvalue weighted by atomic mass is 32.2. The number of carbonyl (C=O) groups is 4. The molecule has 0 aliphatic rings. The summed E-state index contributed by atoms with van der Waals surface area (Å²) in [4.78, 5) is 61.5.